The number of halogens is 3. The lowest BCUT2D eigenvalue weighted by Gasteiger charge is -2.09. The lowest BCUT2D eigenvalue weighted by molar-refractivity contribution is 0.338. The van der Waals surface area contributed by atoms with Gasteiger partial charge in [0.05, 0.1) is 55.9 Å². The van der Waals surface area contributed by atoms with Gasteiger partial charge in [0.25, 0.3) is 0 Å². The fourth-order valence-corrected chi connectivity index (χ4v) is 7.25. The van der Waals surface area contributed by atoms with Gasteiger partial charge in [-0.2, -0.15) is 0 Å². The summed E-state index contributed by atoms with van der Waals surface area (Å²) in [5.41, 5.74) is 8.05. The normalized spacial score (nSPS) is 10.6. The van der Waals surface area contributed by atoms with Crippen molar-refractivity contribution in [3.05, 3.63) is 143 Å². The second kappa shape index (κ2) is 18.4. The molecule has 0 atom stereocenters. The van der Waals surface area contributed by atoms with Gasteiger partial charge in [-0.25, -0.2) is 19.6 Å². The van der Waals surface area contributed by atoms with Crippen LogP contribution in [0.25, 0.3) is 44.5 Å². The number of ether oxygens (including phenoxy) is 2. The number of anilines is 3. The minimum absolute atomic E-state index is 0.382. The minimum atomic E-state index is -0.471. The van der Waals surface area contributed by atoms with Gasteiger partial charge >= 0.3 is 11.3 Å². The Morgan fingerprint density at radius 3 is 1.80 bits per heavy atom. The molecule has 8 aromatic rings. The summed E-state index contributed by atoms with van der Waals surface area (Å²) in [6.07, 6.45) is 0. The molecule has 3 N–H and O–H groups in total. The Labute approximate surface area is 341 Å². The Kier molecular flexibility index (Phi) is 13.2. The first-order valence-electron chi connectivity index (χ1n) is 16.6. The molecule has 4 aromatic heterocycles. The summed E-state index contributed by atoms with van der Waals surface area (Å²) in [5.74, 6) is 1.65. The molecule has 0 aliphatic heterocycles. The second-order valence-corrected chi connectivity index (χ2v) is 14.7. The molecule has 15 heteroatoms. The van der Waals surface area contributed by atoms with Gasteiger partial charge in [0.15, 0.2) is 21.4 Å². The molecule has 8 rings (SSSR count). The van der Waals surface area contributed by atoms with Crippen LogP contribution >= 0.6 is 61.8 Å². The first kappa shape index (κ1) is 39.5. The topological polar surface area (TPSA) is 143 Å². The maximum absolute atomic E-state index is 12.4. The van der Waals surface area contributed by atoms with E-state index >= 15 is 0 Å². The second-order valence-electron chi connectivity index (χ2n) is 11.2. The van der Waals surface area contributed by atoms with Crippen LogP contribution in [0, 0.1) is 0 Å². The summed E-state index contributed by atoms with van der Waals surface area (Å²) >= 11 is 18.1. The van der Waals surface area contributed by atoms with Crippen molar-refractivity contribution in [1.82, 2.24) is 9.97 Å². The highest BCUT2D eigenvalue weighted by molar-refractivity contribution is 9.10. The molecule has 0 aliphatic rings. The van der Waals surface area contributed by atoms with Gasteiger partial charge in [-0.3, -0.25) is 0 Å². The predicted octanol–water partition coefficient (Wildman–Crippen LogP) is 11.7. The van der Waals surface area contributed by atoms with E-state index in [-0.39, 0.29) is 0 Å². The third kappa shape index (κ3) is 9.74. The van der Waals surface area contributed by atoms with E-state index < -0.39 is 11.3 Å². The predicted molar refractivity (Wildman–Crippen MR) is 228 cm³/mol. The van der Waals surface area contributed by atoms with Crippen LogP contribution in [0.4, 0.5) is 16.0 Å². The molecular formula is C40H31BrCl2N4O6S2. The summed E-state index contributed by atoms with van der Waals surface area (Å²) in [6, 6.07) is 29.6. The molecule has 280 valence electrons. The number of fused-ring (bicyclic) bond motifs is 2. The zero-order chi connectivity index (χ0) is 38.9. The Balaban J connectivity index is 0.000000157. The summed E-state index contributed by atoms with van der Waals surface area (Å²) in [6.45, 7) is 5.19. The zero-order valence-corrected chi connectivity index (χ0v) is 33.9. The first-order valence-corrected chi connectivity index (χ1v) is 19.9. The monoisotopic (exact) mass is 876 g/mol. The van der Waals surface area contributed by atoms with Crippen molar-refractivity contribution in [2.75, 3.05) is 24.3 Å². The number of aromatic nitrogens is 2. The molecule has 0 amide bonds. The maximum atomic E-state index is 12.4. The fourth-order valence-electron chi connectivity index (χ4n) is 5.12. The summed E-state index contributed by atoms with van der Waals surface area (Å²) in [7, 11) is 0. The molecule has 55 heavy (non-hydrogen) atoms. The highest BCUT2D eigenvalue weighted by Crippen LogP contribution is 2.32. The van der Waals surface area contributed by atoms with Gasteiger partial charge in [-0.15, -0.1) is 22.7 Å². The van der Waals surface area contributed by atoms with E-state index in [1.807, 2.05) is 86.0 Å². The van der Waals surface area contributed by atoms with Crippen LogP contribution in [0.3, 0.4) is 0 Å². The highest BCUT2D eigenvalue weighted by Gasteiger charge is 2.15. The third-order valence-corrected chi connectivity index (χ3v) is 10.2. The number of nitrogens with one attached hydrogen (secondary N) is 1. The lowest BCUT2D eigenvalue weighted by Crippen LogP contribution is -2.03. The molecule has 0 unspecified atom stereocenters. The summed E-state index contributed by atoms with van der Waals surface area (Å²) in [4.78, 5) is 32.9. The number of nitrogen functional groups attached to an aromatic ring is 1. The van der Waals surface area contributed by atoms with Crippen LogP contribution in [0.5, 0.6) is 11.5 Å². The maximum Gasteiger partial charge on any atom is 0.345 e. The van der Waals surface area contributed by atoms with Crippen molar-refractivity contribution >= 4 is 99.7 Å². The number of hydrogen-bond acceptors (Lipinski definition) is 12. The van der Waals surface area contributed by atoms with Crippen LogP contribution in [-0.4, -0.2) is 23.2 Å². The standard InChI is InChI=1S/C20H15ClN2O3S.C12H7ClN2O2S.C8H9BrO/c1-2-25-17-9-4-3-8-15(17)22-20-23-16(11-27-20)13-10-12-6-5-7-14(21)18(12)26-19(13)24;13-8-3-1-2-6-4-7(11(16)17-10(6)8)9-5-18-12(14)15-9;1-2-10-8-6-4-3-5-7(8)9/h3-11H,2H2,1H3,(H,22,23);1-5H,(H2,14,15);3-6H,2H2,1H3. The van der Waals surface area contributed by atoms with E-state index in [4.69, 9.17) is 47.2 Å². The van der Waals surface area contributed by atoms with Crippen molar-refractivity contribution in [1.29, 1.82) is 0 Å². The largest absolute Gasteiger partial charge is 0.493 e. The Bertz CT molecular complexity index is 2700. The molecule has 10 nitrogen and oxygen atoms in total. The third-order valence-electron chi connectivity index (χ3n) is 7.57. The van der Waals surface area contributed by atoms with Crippen molar-refractivity contribution in [3.63, 3.8) is 0 Å². The summed E-state index contributed by atoms with van der Waals surface area (Å²) < 4.78 is 22.5. The van der Waals surface area contributed by atoms with Gasteiger partial charge in [0, 0.05) is 21.5 Å². The number of nitrogens with zero attached hydrogens (tertiary/aromatic N) is 2. The van der Waals surface area contributed by atoms with E-state index in [9.17, 15) is 9.59 Å². The number of hydrogen-bond donors (Lipinski definition) is 2. The van der Waals surface area contributed by atoms with Gasteiger partial charge in [-0.1, -0.05) is 71.7 Å². The first-order chi connectivity index (χ1) is 26.6. The lowest BCUT2D eigenvalue weighted by atomic mass is 10.1. The molecule has 0 bridgehead atoms. The molecule has 0 radical (unpaired) electrons. The van der Waals surface area contributed by atoms with Crippen LogP contribution in [0.2, 0.25) is 10.0 Å². The van der Waals surface area contributed by atoms with Crippen LogP contribution in [-0.2, 0) is 0 Å². The molecule has 4 heterocycles. The summed E-state index contributed by atoms with van der Waals surface area (Å²) in [5, 5.41) is 10.2. The minimum Gasteiger partial charge on any atom is -0.493 e. The van der Waals surface area contributed by atoms with E-state index in [1.54, 1.807) is 35.7 Å². The van der Waals surface area contributed by atoms with Gasteiger partial charge in [0.1, 0.15) is 11.5 Å². The molecular weight excluding hydrogens is 847 g/mol. The van der Waals surface area contributed by atoms with Crippen LogP contribution < -0.4 is 31.8 Å². The number of nitrogens with two attached hydrogens (primary N) is 1. The Hall–Kier alpha value is -5.18. The fraction of sp³-hybridized carbons (Fsp3) is 0.100. The smallest absolute Gasteiger partial charge is 0.345 e. The van der Waals surface area contributed by atoms with Crippen molar-refractivity contribution < 1.29 is 18.3 Å². The van der Waals surface area contributed by atoms with Gasteiger partial charge < -0.3 is 29.4 Å². The molecule has 4 aromatic carbocycles. The zero-order valence-electron chi connectivity index (χ0n) is 29.2. The van der Waals surface area contributed by atoms with Crippen LogP contribution in [0.15, 0.2) is 131 Å². The molecule has 0 spiro atoms. The van der Waals surface area contributed by atoms with Crippen molar-refractivity contribution in [2.24, 2.45) is 0 Å². The quantitative estimate of drug-likeness (QED) is 0.142. The molecule has 0 saturated carbocycles. The molecule has 0 saturated heterocycles. The van der Waals surface area contributed by atoms with E-state index in [0.29, 0.717) is 67.2 Å². The average Bonchev–Trinajstić information content (AvgIpc) is 3.83. The van der Waals surface area contributed by atoms with E-state index in [1.165, 1.54) is 22.7 Å². The SMILES string of the molecule is CCOc1ccccc1Br.CCOc1ccccc1Nc1nc(-c2cc3cccc(Cl)c3oc2=O)cs1.Nc1nc(-c2cc3cccc(Cl)c3oc2=O)cs1. The Morgan fingerprint density at radius 2 is 1.24 bits per heavy atom. The highest BCUT2D eigenvalue weighted by atomic mass is 79.9. The average molecular weight is 879 g/mol. The van der Waals surface area contributed by atoms with E-state index in [2.05, 4.69) is 31.2 Å². The van der Waals surface area contributed by atoms with Gasteiger partial charge in [0.2, 0.25) is 0 Å². The number of para-hydroxylation sites is 5. The van der Waals surface area contributed by atoms with Crippen LogP contribution in [0.1, 0.15) is 13.8 Å². The number of benzene rings is 4. The van der Waals surface area contributed by atoms with Crippen molar-refractivity contribution in [3.8, 4) is 34.0 Å². The van der Waals surface area contributed by atoms with Gasteiger partial charge in [-0.05, 0) is 78.3 Å². The molecule has 0 aliphatic carbocycles. The molecule has 0 fully saturated rings. The Morgan fingerprint density at radius 1 is 0.709 bits per heavy atom. The van der Waals surface area contributed by atoms with Crippen molar-refractivity contribution in [2.45, 2.75) is 13.8 Å². The number of thiazole rings is 2. The number of rotatable bonds is 8. The van der Waals surface area contributed by atoms with E-state index in [0.717, 1.165) is 32.4 Å².